The minimum absolute atomic E-state index is 0.0604. The molecule has 0 radical (unpaired) electrons. The van der Waals surface area contributed by atoms with E-state index in [2.05, 4.69) is 0 Å². The van der Waals surface area contributed by atoms with Gasteiger partial charge in [0.1, 0.15) is 0 Å². The molecule has 0 spiro atoms. The summed E-state index contributed by atoms with van der Waals surface area (Å²) in [4.78, 5) is 11.6. The van der Waals surface area contributed by atoms with Crippen LogP contribution in [0.25, 0.3) is 0 Å². The summed E-state index contributed by atoms with van der Waals surface area (Å²) in [5.41, 5.74) is 1.52. The summed E-state index contributed by atoms with van der Waals surface area (Å²) in [5, 5.41) is 9.52. The van der Waals surface area contributed by atoms with E-state index in [1.165, 1.54) is 0 Å². The first kappa shape index (κ1) is 9.06. The maximum atomic E-state index is 11.6. The van der Waals surface area contributed by atoms with Crippen LogP contribution in [0.3, 0.4) is 0 Å². The summed E-state index contributed by atoms with van der Waals surface area (Å²) in [7, 11) is 0. The molecule has 1 aromatic carbocycles. The van der Waals surface area contributed by atoms with E-state index in [-0.39, 0.29) is 11.5 Å². The molecule has 0 saturated carbocycles. The van der Waals surface area contributed by atoms with Gasteiger partial charge >= 0.3 is 0 Å². The molecule has 14 heavy (non-hydrogen) atoms. The smallest absolute Gasteiger partial charge is 0.171 e. The zero-order valence-electron chi connectivity index (χ0n) is 8.04. The maximum absolute atomic E-state index is 11.6. The van der Waals surface area contributed by atoms with Gasteiger partial charge in [-0.25, -0.2) is 0 Å². The van der Waals surface area contributed by atoms with Gasteiger partial charge in [0.15, 0.2) is 17.3 Å². The molecule has 3 heteroatoms. The molecule has 0 unspecified atom stereocenters. The molecule has 3 nitrogen and oxygen atoms in total. The Bertz CT molecular complexity index is 382. The van der Waals surface area contributed by atoms with Gasteiger partial charge in [-0.1, -0.05) is 13.0 Å². The Morgan fingerprint density at radius 3 is 3.00 bits per heavy atom. The highest BCUT2D eigenvalue weighted by Crippen LogP contribution is 2.36. The van der Waals surface area contributed by atoms with Crippen LogP contribution >= 0.6 is 0 Å². The fraction of sp³-hybridized carbons (Fsp3) is 0.364. The molecule has 0 saturated heterocycles. The largest absolute Gasteiger partial charge is 0.504 e. The third kappa shape index (κ3) is 1.25. The fourth-order valence-electron chi connectivity index (χ4n) is 1.73. The molecular formula is C11H12O3. The third-order valence-electron chi connectivity index (χ3n) is 2.46. The van der Waals surface area contributed by atoms with Crippen LogP contribution in [0.2, 0.25) is 0 Å². The number of carbonyl (C=O) groups is 1. The number of aromatic hydroxyl groups is 1. The van der Waals surface area contributed by atoms with Gasteiger partial charge in [0.2, 0.25) is 0 Å². The van der Waals surface area contributed by atoms with E-state index < -0.39 is 0 Å². The lowest BCUT2D eigenvalue weighted by Crippen LogP contribution is -2.17. The number of benzene rings is 1. The topological polar surface area (TPSA) is 46.5 Å². The Kier molecular flexibility index (Phi) is 2.15. The summed E-state index contributed by atoms with van der Waals surface area (Å²) in [6.45, 7) is 2.35. The number of hydrogen-bond acceptors (Lipinski definition) is 3. The number of Topliss-reactive ketones (excluding diaryl/α,β-unsaturated/α-hetero) is 1. The molecule has 1 aliphatic rings. The minimum atomic E-state index is 0.0604. The molecule has 2 rings (SSSR count). The van der Waals surface area contributed by atoms with Crippen LogP contribution in [0.5, 0.6) is 11.5 Å². The van der Waals surface area contributed by atoms with Crippen molar-refractivity contribution in [3.63, 3.8) is 0 Å². The second kappa shape index (κ2) is 3.33. The molecule has 0 bridgehead atoms. The van der Waals surface area contributed by atoms with Gasteiger partial charge in [-0.15, -0.1) is 0 Å². The van der Waals surface area contributed by atoms with Crippen molar-refractivity contribution in [2.75, 3.05) is 6.61 Å². The van der Waals surface area contributed by atoms with Crippen LogP contribution in [0.15, 0.2) is 12.1 Å². The molecule has 1 heterocycles. The highest BCUT2D eigenvalue weighted by Gasteiger charge is 2.24. The minimum Gasteiger partial charge on any atom is -0.504 e. The van der Waals surface area contributed by atoms with Gasteiger partial charge in [0.25, 0.3) is 0 Å². The van der Waals surface area contributed by atoms with Crippen molar-refractivity contribution in [1.82, 2.24) is 0 Å². The van der Waals surface area contributed by atoms with Crippen LogP contribution in [0.4, 0.5) is 0 Å². The van der Waals surface area contributed by atoms with Crippen LogP contribution in [-0.2, 0) is 6.42 Å². The van der Waals surface area contributed by atoms with Crippen molar-refractivity contribution in [1.29, 1.82) is 0 Å². The predicted octanol–water partition coefficient (Wildman–Crippen LogP) is 1.92. The van der Waals surface area contributed by atoms with E-state index in [4.69, 9.17) is 4.74 Å². The monoisotopic (exact) mass is 192 g/mol. The van der Waals surface area contributed by atoms with Crippen molar-refractivity contribution >= 4 is 5.78 Å². The van der Waals surface area contributed by atoms with E-state index in [0.29, 0.717) is 24.3 Å². The Morgan fingerprint density at radius 1 is 1.50 bits per heavy atom. The van der Waals surface area contributed by atoms with Crippen LogP contribution in [0.1, 0.15) is 29.3 Å². The summed E-state index contributed by atoms with van der Waals surface area (Å²) in [6.07, 6.45) is 1.18. The van der Waals surface area contributed by atoms with Gasteiger partial charge in [0, 0.05) is 6.42 Å². The van der Waals surface area contributed by atoms with Gasteiger partial charge in [-0.2, -0.15) is 0 Å². The second-order valence-electron chi connectivity index (χ2n) is 3.32. The average molecular weight is 192 g/mol. The summed E-state index contributed by atoms with van der Waals surface area (Å²) >= 11 is 0. The van der Waals surface area contributed by atoms with E-state index in [1.54, 1.807) is 12.1 Å². The molecular weight excluding hydrogens is 180 g/mol. The molecule has 0 aliphatic carbocycles. The lowest BCUT2D eigenvalue weighted by molar-refractivity contribution is 0.0929. The van der Waals surface area contributed by atoms with Gasteiger partial charge in [-0.05, 0) is 18.1 Å². The first-order chi connectivity index (χ1) is 6.74. The number of rotatable bonds is 1. The molecule has 0 atom stereocenters. The molecule has 1 N–H and O–H groups in total. The number of carbonyl (C=O) groups excluding carboxylic acids is 1. The first-order valence-corrected chi connectivity index (χ1v) is 4.75. The number of ether oxygens (including phenoxy) is 1. The van der Waals surface area contributed by atoms with Crippen molar-refractivity contribution in [3.05, 3.63) is 23.3 Å². The predicted molar refractivity (Wildman–Crippen MR) is 51.9 cm³/mol. The lowest BCUT2D eigenvalue weighted by atomic mass is 9.97. The van der Waals surface area contributed by atoms with Crippen molar-refractivity contribution < 1.29 is 14.6 Å². The van der Waals surface area contributed by atoms with Crippen LogP contribution in [0, 0.1) is 0 Å². The standard InChI is InChI=1S/C11H12O3/c1-2-7-3-4-9(13)11-10(7)8(12)5-6-14-11/h3-4,13H,2,5-6H2,1H3. The van der Waals surface area contributed by atoms with E-state index in [0.717, 1.165) is 12.0 Å². The Labute approximate surface area is 82.3 Å². The number of hydrogen-bond donors (Lipinski definition) is 1. The summed E-state index contributed by atoms with van der Waals surface area (Å²) in [6, 6.07) is 3.36. The highest BCUT2D eigenvalue weighted by molar-refractivity contribution is 6.01. The Morgan fingerprint density at radius 2 is 2.29 bits per heavy atom. The fourth-order valence-corrected chi connectivity index (χ4v) is 1.73. The summed E-state index contributed by atoms with van der Waals surface area (Å²) in [5.74, 6) is 0.491. The summed E-state index contributed by atoms with van der Waals surface area (Å²) < 4.78 is 5.30. The molecule has 0 amide bonds. The quantitative estimate of drug-likeness (QED) is 0.739. The average Bonchev–Trinajstić information content (AvgIpc) is 2.20. The SMILES string of the molecule is CCc1ccc(O)c2c1C(=O)CCO2. The number of phenols is 1. The lowest BCUT2D eigenvalue weighted by Gasteiger charge is -2.19. The first-order valence-electron chi connectivity index (χ1n) is 4.75. The van der Waals surface area contributed by atoms with Gasteiger partial charge in [-0.3, -0.25) is 4.79 Å². The number of fused-ring (bicyclic) bond motifs is 1. The Hall–Kier alpha value is -1.51. The second-order valence-corrected chi connectivity index (χ2v) is 3.32. The number of ketones is 1. The maximum Gasteiger partial charge on any atom is 0.171 e. The van der Waals surface area contributed by atoms with Crippen molar-refractivity contribution in [2.45, 2.75) is 19.8 Å². The Balaban J connectivity index is 2.64. The normalized spacial score (nSPS) is 14.8. The zero-order valence-corrected chi connectivity index (χ0v) is 8.04. The van der Waals surface area contributed by atoms with Crippen molar-refractivity contribution in [3.8, 4) is 11.5 Å². The van der Waals surface area contributed by atoms with Crippen LogP contribution < -0.4 is 4.74 Å². The van der Waals surface area contributed by atoms with E-state index in [1.807, 2.05) is 6.92 Å². The van der Waals surface area contributed by atoms with Crippen molar-refractivity contribution in [2.24, 2.45) is 0 Å². The number of phenolic OH excluding ortho intramolecular Hbond substituents is 1. The molecule has 1 aromatic rings. The zero-order chi connectivity index (χ0) is 10.1. The molecule has 74 valence electrons. The molecule has 0 fully saturated rings. The van der Waals surface area contributed by atoms with E-state index >= 15 is 0 Å². The van der Waals surface area contributed by atoms with Gasteiger partial charge in [0.05, 0.1) is 12.2 Å². The van der Waals surface area contributed by atoms with E-state index in [9.17, 15) is 9.90 Å². The third-order valence-corrected chi connectivity index (χ3v) is 2.46. The van der Waals surface area contributed by atoms with Gasteiger partial charge < -0.3 is 9.84 Å². The molecule has 1 aliphatic heterocycles. The highest BCUT2D eigenvalue weighted by atomic mass is 16.5. The van der Waals surface area contributed by atoms with Crippen LogP contribution in [-0.4, -0.2) is 17.5 Å². The number of aryl methyl sites for hydroxylation is 1. The molecule has 0 aromatic heterocycles.